The van der Waals surface area contributed by atoms with Crippen LogP contribution in [0.4, 0.5) is 0 Å². The summed E-state index contributed by atoms with van der Waals surface area (Å²) in [6, 6.07) is 9.00. The maximum absolute atomic E-state index is 12.2. The molecule has 0 fully saturated rings. The summed E-state index contributed by atoms with van der Waals surface area (Å²) in [5.74, 6) is 0.835. The van der Waals surface area contributed by atoms with Crippen LogP contribution in [0.3, 0.4) is 0 Å². The number of carbonyl (C=O) groups is 1. The summed E-state index contributed by atoms with van der Waals surface area (Å²) >= 11 is 0. The summed E-state index contributed by atoms with van der Waals surface area (Å²) in [5.41, 5.74) is 1.59. The van der Waals surface area contributed by atoms with E-state index in [0.29, 0.717) is 36.9 Å². The number of carbonyl (C=O) groups excluding carboxylic acids is 1. The van der Waals surface area contributed by atoms with Crippen molar-refractivity contribution >= 4 is 5.97 Å². The van der Waals surface area contributed by atoms with Crippen molar-refractivity contribution in [3.8, 4) is 11.5 Å². The van der Waals surface area contributed by atoms with E-state index in [1.165, 1.54) is 0 Å². The molecular formula is C19H23NO4. The Labute approximate surface area is 142 Å². The van der Waals surface area contributed by atoms with Crippen LogP contribution in [0, 0.1) is 0 Å². The number of ether oxygens (including phenoxy) is 3. The molecule has 0 atom stereocenters. The number of pyridine rings is 1. The maximum atomic E-state index is 12.2. The third kappa shape index (κ3) is 5.26. The molecule has 0 unspecified atom stereocenters. The highest BCUT2D eigenvalue weighted by Crippen LogP contribution is 2.28. The Morgan fingerprint density at radius 3 is 2.58 bits per heavy atom. The van der Waals surface area contributed by atoms with Gasteiger partial charge in [-0.1, -0.05) is 6.07 Å². The van der Waals surface area contributed by atoms with Gasteiger partial charge < -0.3 is 14.2 Å². The van der Waals surface area contributed by atoms with Gasteiger partial charge in [-0.3, -0.25) is 4.98 Å². The lowest BCUT2D eigenvalue weighted by Gasteiger charge is -2.12. The minimum Gasteiger partial charge on any atom is -0.490 e. The Morgan fingerprint density at radius 2 is 1.88 bits per heavy atom. The predicted molar refractivity (Wildman–Crippen MR) is 91.6 cm³/mol. The maximum Gasteiger partial charge on any atom is 0.338 e. The van der Waals surface area contributed by atoms with Crippen LogP contribution in [0.25, 0.3) is 0 Å². The molecule has 1 aromatic heterocycles. The lowest BCUT2D eigenvalue weighted by Crippen LogP contribution is -2.08. The molecule has 0 spiro atoms. The highest BCUT2D eigenvalue weighted by molar-refractivity contribution is 5.90. The van der Waals surface area contributed by atoms with Gasteiger partial charge in [-0.05, 0) is 56.5 Å². The number of nitrogens with zero attached hydrogens (tertiary/aromatic N) is 1. The minimum absolute atomic E-state index is 0.356. The quantitative estimate of drug-likeness (QED) is 0.519. The lowest BCUT2D eigenvalue weighted by molar-refractivity contribution is 0.0500. The third-order valence-corrected chi connectivity index (χ3v) is 3.34. The topological polar surface area (TPSA) is 57.7 Å². The SMILES string of the molecule is CCOc1ccc(C(=O)OCCCc2cccnc2)cc1OCC. The molecule has 0 aliphatic heterocycles. The van der Waals surface area contributed by atoms with Crippen LogP contribution in [-0.4, -0.2) is 30.8 Å². The molecule has 2 rings (SSSR count). The zero-order chi connectivity index (χ0) is 17.2. The Hall–Kier alpha value is -2.56. The number of rotatable bonds is 9. The standard InChI is InChI=1S/C19H23NO4/c1-3-22-17-10-9-16(13-18(17)23-4-2)19(21)24-12-6-8-15-7-5-11-20-14-15/h5,7,9-11,13-14H,3-4,6,8,12H2,1-2H3. The largest absolute Gasteiger partial charge is 0.490 e. The van der Waals surface area contributed by atoms with E-state index in [0.717, 1.165) is 18.4 Å². The number of hydrogen-bond donors (Lipinski definition) is 0. The second kappa shape index (κ2) is 9.55. The Morgan fingerprint density at radius 1 is 1.08 bits per heavy atom. The predicted octanol–water partition coefficient (Wildman–Crippen LogP) is 3.67. The molecule has 0 bridgehead atoms. The molecule has 1 heterocycles. The molecule has 24 heavy (non-hydrogen) atoms. The van der Waals surface area contributed by atoms with Crippen LogP contribution in [0.2, 0.25) is 0 Å². The molecule has 2 aromatic rings. The second-order valence-electron chi connectivity index (χ2n) is 5.13. The molecule has 128 valence electrons. The molecule has 1 aromatic carbocycles. The first-order valence-corrected chi connectivity index (χ1v) is 8.20. The van der Waals surface area contributed by atoms with Gasteiger partial charge in [0, 0.05) is 12.4 Å². The number of aryl methyl sites for hydroxylation is 1. The van der Waals surface area contributed by atoms with Crippen molar-refractivity contribution in [2.45, 2.75) is 26.7 Å². The van der Waals surface area contributed by atoms with Crippen LogP contribution in [-0.2, 0) is 11.2 Å². The lowest BCUT2D eigenvalue weighted by atomic mass is 10.2. The average Bonchev–Trinajstić information content (AvgIpc) is 2.61. The van der Waals surface area contributed by atoms with Crippen LogP contribution < -0.4 is 9.47 Å². The fourth-order valence-corrected chi connectivity index (χ4v) is 2.25. The third-order valence-electron chi connectivity index (χ3n) is 3.34. The van der Waals surface area contributed by atoms with Crippen molar-refractivity contribution in [3.05, 3.63) is 53.9 Å². The van der Waals surface area contributed by atoms with Crippen LogP contribution >= 0.6 is 0 Å². The average molecular weight is 329 g/mol. The summed E-state index contributed by atoms with van der Waals surface area (Å²) in [5, 5.41) is 0. The van der Waals surface area contributed by atoms with E-state index in [1.54, 1.807) is 24.4 Å². The first-order valence-electron chi connectivity index (χ1n) is 8.20. The van der Waals surface area contributed by atoms with Gasteiger partial charge in [-0.2, -0.15) is 0 Å². The molecule has 0 radical (unpaired) electrons. The summed E-state index contributed by atoms with van der Waals surface area (Å²) in [4.78, 5) is 16.2. The van der Waals surface area contributed by atoms with Gasteiger partial charge >= 0.3 is 5.97 Å². The Kier molecular flexibility index (Phi) is 7.08. The van der Waals surface area contributed by atoms with Crippen molar-refractivity contribution in [2.75, 3.05) is 19.8 Å². The molecule has 0 aliphatic rings. The fourth-order valence-electron chi connectivity index (χ4n) is 2.25. The second-order valence-corrected chi connectivity index (χ2v) is 5.13. The van der Waals surface area contributed by atoms with Crippen molar-refractivity contribution in [1.29, 1.82) is 0 Å². The van der Waals surface area contributed by atoms with E-state index in [4.69, 9.17) is 14.2 Å². The Balaban J connectivity index is 1.88. The van der Waals surface area contributed by atoms with Crippen molar-refractivity contribution < 1.29 is 19.0 Å². The summed E-state index contributed by atoms with van der Waals surface area (Å²) in [7, 11) is 0. The van der Waals surface area contributed by atoms with Gasteiger partial charge in [0.05, 0.1) is 25.4 Å². The normalized spacial score (nSPS) is 10.2. The van der Waals surface area contributed by atoms with Crippen LogP contribution in [0.5, 0.6) is 11.5 Å². The smallest absolute Gasteiger partial charge is 0.338 e. The fraction of sp³-hybridized carbons (Fsp3) is 0.368. The highest BCUT2D eigenvalue weighted by Gasteiger charge is 2.12. The molecule has 0 saturated carbocycles. The first-order chi connectivity index (χ1) is 11.7. The minimum atomic E-state index is -0.356. The number of hydrogen-bond acceptors (Lipinski definition) is 5. The summed E-state index contributed by atoms with van der Waals surface area (Å²) in [6.07, 6.45) is 5.15. The molecular weight excluding hydrogens is 306 g/mol. The van der Waals surface area contributed by atoms with Crippen LogP contribution in [0.1, 0.15) is 36.2 Å². The summed E-state index contributed by atoms with van der Waals surface area (Å²) < 4.78 is 16.3. The van der Waals surface area contributed by atoms with Crippen molar-refractivity contribution in [3.63, 3.8) is 0 Å². The van der Waals surface area contributed by atoms with E-state index in [1.807, 2.05) is 32.2 Å². The van der Waals surface area contributed by atoms with Gasteiger partial charge in [-0.25, -0.2) is 4.79 Å². The van der Waals surface area contributed by atoms with E-state index < -0.39 is 0 Å². The number of benzene rings is 1. The molecule has 0 aliphatic carbocycles. The molecule has 5 nitrogen and oxygen atoms in total. The monoisotopic (exact) mass is 329 g/mol. The summed E-state index contributed by atoms with van der Waals surface area (Å²) in [6.45, 7) is 5.20. The molecule has 0 saturated heterocycles. The number of aromatic nitrogens is 1. The van der Waals surface area contributed by atoms with Gasteiger partial charge in [0.25, 0.3) is 0 Å². The zero-order valence-corrected chi connectivity index (χ0v) is 14.2. The Bertz CT molecular complexity index is 643. The van der Waals surface area contributed by atoms with Crippen LogP contribution in [0.15, 0.2) is 42.7 Å². The van der Waals surface area contributed by atoms with E-state index in [9.17, 15) is 4.79 Å². The first kappa shape index (κ1) is 17.8. The van der Waals surface area contributed by atoms with Crippen molar-refractivity contribution in [1.82, 2.24) is 4.98 Å². The van der Waals surface area contributed by atoms with Gasteiger partial charge in [0.1, 0.15) is 0 Å². The van der Waals surface area contributed by atoms with E-state index in [-0.39, 0.29) is 5.97 Å². The molecule has 0 amide bonds. The molecule has 0 N–H and O–H groups in total. The number of esters is 1. The van der Waals surface area contributed by atoms with E-state index >= 15 is 0 Å². The zero-order valence-electron chi connectivity index (χ0n) is 14.2. The van der Waals surface area contributed by atoms with Gasteiger partial charge in [0.2, 0.25) is 0 Å². The van der Waals surface area contributed by atoms with Crippen molar-refractivity contribution in [2.24, 2.45) is 0 Å². The van der Waals surface area contributed by atoms with E-state index in [2.05, 4.69) is 4.98 Å². The molecule has 5 heteroatoms. The highest BCUT2D eigenvalue weighted by atomic mass is 16.5. The van der Waals surface area contributed by atoms with Gasteiger partial charge in [0.15, 0.2) is 11.5 Å². The van der Waals surface area contributed by atoms with Gasteiger partial charge in [-0.15, -0.1) is 0 Å².